The van der Waals surface area contributed by atoms with E-state index in [0.717, 1.165) is 17.5 Å². The number of fused-ring (bicyclic) bond motifs is 1. The minimum absolute atomic E-state index is 0.143. The first-order valence-electron chi connectivity index (χ1n) is 9.95. The van der Waals surface area contributed by atoms with E-state index in [4.69, 9.17) is 4.74 Å². The van der Waals surface area contributed by atoms with Crippen molar-refractivity contribution in [2.45, 2.75) is 12.8 Å². The van der Waals surface area contributed by atoms with E-state index in [2.05, 4.69) is 10.3 Å². The number of piperidine rings is 1. The topological polar surface area (TPSA) is 71.5 Å². The average molecular weight is 425 g/mol. The van der Waals surface area contributed by atoms with Crippen LogP contribution < -0.4 is 10.1 Å². The fraction of sp³-hybridized carbons (Fsp3) is 0.261. The third-order valence-corrected chi connectivity index (χ3v) is 5.52. The Kier molecular flexibility index (Phi) is 5.79. The predicted octanol–water partition coefficient (Wildman–Crippen LogP) is 4.01. The van der Waals surface area contributed by atoms with Crippen LogP contribution in [0.4, 0.5) is 14.5 Å². The lowest BCUT2D eigenvalue weighted by Gasteiger charge is -2.31. The molecule has 1 aromatic heterocycles. The van der Waals surface area contributed by atoms with E-state index in [9.17, 15) is 18.4 Å². The Balaban J connectivity index is 1.42. The minimum Gasteiger partial charge on any atom is -0.494 e. The summed E-state index contributed by atoms with van der Waals surface area (Å²) in [5, 5.41) is 3.73. The number of nitrogens with zero attached hydrogens (tertiary/aromatic N) is 2. The molecule has 1 saturated heterocycles. The Labute approximate surface area is 177 Å². The van der Waals surface area contributed by atoms with E-state index in [1.54, 1.807) is 31.5 Å². The number of hydrogen-bond acceptors (Lipinski definition) is 4. The zero-order valence-corrected chi connectivity index (χ0v) is 16.9. The lowest BCUT2D eigenvalue weighted by molar-refractivity contribution is -0.121. The molecule has 0 unspecified atom stereocenters. The number of ether oxygens (including phenoxy) is 1. The van der Waals surface area contributed by atoms with Gasteiger partial charge in [0.1, 0.15) is 22.9 Å². The van der Waals surface area contributed by atoms with Crippen LogP contribution in [0, 0.1) is 17.6 Å². The monoisotopic (exact) mass is 425 g/mol. The summed E-state index contributed by atoms with van der Waals surface area (Å²) in [6.45, 7) is 0.636. The highest BCUT2D eigenvalue weighted by Gasteiger charge is 2.29. The van der Waals surface area contributed by atoms with E-state index in [1.165, 1.54) is 4.90 Å². The van der Waals surface area contributed by atoms with Gasteiger partial charge in [-0.2, -0.15) is 0 Å². The van der Waals surface area contributed by atoms with Crippen LogP contribution in [-0.4, -0.2) is 41.9 Å². The van der Waals surface area contributed by atoms with E-state index >= 15 is 0 Å². The van der Waals surface area contributed by atoms with Crippen LogP contribution in [0.5, 0.6) is 5.75 Å². The molecule has 0 aliphatic carbocycles. The molecule has 8 heteroatoms. The summed E-state index contributed by atoms with van der Waals surface area (Å²) >= 11 is 0. The number of amides is 2. The summed E-state index contributed by atoms with van der Waals surface area (Å²) < 4.78 is 32.3. The number of hydrogen-bond donors (Lipinski definition) is 1. The Morgan fingerprint density at radius 2 is 1.90 bits per heavy atom. The van der Waals surface area contributed by atoms with Crippen LogP contribution in [-0.2, 0) is 4.79 Å². The maximum atomic E-state index is 13.9. The second-order valence-electron chi connectivity index (χ2n) is 7.39. The van der Waals surface area contributed by atoms with Crippen molar-refractivity contribution in [1.29, 1.82) is 0 Å². The number of carbonyl (C=O) groups excluding carboxylic acids is 2. The summed E-state index contributed by atoms with van der Waals surface area (Å²) in [7, 11) is 1.56. The Hall–Kier alpha value is -3.55. The quantitative estimate of drug-likeness (QED) is 0.686. The lowest BCUT2D eigenvalue weighted by atomic mass is 9.95. The fourth-order valence-corrected chi connectivity index (χ4v) is 3.83. The van der Waals surface area contributed by atoms with Crippen molar-refractivity contribution in [3.63, 3.8) is 0 Å². The van der Waals surface area contributed by atoms with E-state index in [0.29, 0.717) is 49.0 Å². The van der Waals surface area contributed by atoms with Gasteiger partial charge in [-0.3, -0.25) is 14.6 Å². The number of rotatable bonds is 4. The van der Waals surface area contributed by atoms with Crippen molar-refractivity contribution < 1.29 is 23.1 Å². The van der Waals surface area contributed by atoms with Crippen molar-refractivity contribution >= 4 is 28.4 Å². The normalized spacial score (nSPS) is 14.5. The molecule has 0 spiro atoms. The highest BCUT2D eigenvalue weighted by Crippen LogP contribution is 2.30. The van der Waals surface area contributed by atoms with Gasteiger partial charge in [-0.15, -0.1) is 0 Å². The number of methoxy groups -OCH3 is 1. The third-order valence-electron chi connectivity index (χ3n) is 5.52. The van der Waals surface area contributed by atoms with Crippen LogP contribution in [0.2, 0.25) is 0 Å². The van der Waals surface area contributed by atoms with Gasteiger partial charge >= 0.3 is 0 Å². The third kappa shape index (κ3) is 4.19. The molecule has 0 radical (unpaired) electrons. The molecule has 0 bridgehead atoms. The molecule has 0 atom stereocenters. The number of nitrogens with one attached hydrogen (secondary N) is 1. The number of anilines is 1. The van der Waals surface area contributed by atoms with Crippen LogP contribution >= 0.6 is 0 Å². The van der Waals surface area contributed by atoms with Crippen molar-refractivity contribution in [3.05, 3.63) is 65.9 Å². The van der Waals surface area contributed by atoms with Gasteiger partial charge < -0.3 is 15.0 Å². The molecule has 1 fully saturated rings. The van der Waals surface area contributed by atoms with Gasteiger partial charge in [0, 0.05) is 36.7 Å². The molecular weight excluding hydrogens is 404 g/mol. The number of benzene rings is 2. The lowest BCUT2D eigenvalue weighted by Crippen LogP contribution is -2.41. The molecule has 6 nitrogen and oxygen atoms in total. The molecule has 1 aliphatic rings. The Morgan fingerprint density at radius 1 is 1.13 bits per heavy atom. The van der Waals surface area contributed by atoms with Gasteiger partial charge in [0.25, 0.3) is 5.91 Å². The first-order valence-corrected chi connectivity index (χ1v) is 9.95. The molecule has 31 heavy (non-hydrogen) atoms. The molecule has 2 amide bonds. The number of carbonyl (C=O) groups is 2. The number of aromatic nitrogens is 1. The maximum absolute atomic E-state index is 13.9. The molecule has 2 heterocycles. The Morgan fingerprint density at radius 3 is 2.61 bits per heavy atom. The largest absolute Gasteiger partial charge is 0.494 e. The van der Waals surface area contributed by atoms with Crippen molar-refractivity contribution in [3.8, 4) is 5.75 Å². The van der Waals surface area contributed by atoms with Crippen molar-refractivity contribution in [2.75, 3.05) is 25.5 Å². The van der Waals surface area contributed by atoms with Gasteiger partial charge in [0.15, 0.2) is 0 Å². The number of likely N-dealkylation sites (tertiary alicyclic amines) is 1. The summed E-state index contributed by atoms with van der Waals surface area (Å²) in [6.07, 6.45) is 2.56. The van der Waals surface area contributed by atoms with Gasteiger partial charge in [0.2, 0.25) is 5.91 Å². The van der Waals surface area contributed by atoms with Gasteiger partial charge in [-0.25, -0.2) is 8.78 Å². The van der Waals surface area contributed by atoms with Crippen LogP contribution in [0.15, 0.2) is 48.7 Å². The zero-order chi connectivity index (χ0) is 22.0. The van der Waals surface area contributed by atoms with E-state index in [-0.39, 0.29) is 17.4 Å². The highest BCUT2D eigenvalue weighted by molar-refractivity contribution is 6.03. The summed E-state index contributed by atoms with van der Waals surface area (Å²) in [6, 6.07) is 10.1. The summed E-state index contributed by atoms with van der Waals surface area (Å²) in [5.74, 6) is -1.92. The summed E-state index contributed by atoms with van der Waals surface area (Å²) in [5.41, 5.74) is 1.13. The maximum Gasteiger partial charge on any atom is 0.256 e. The smallest absolute Gasteiger partial charge is 0.256 e. The average Bonchev–Trinajstić information content (AvgIpc) is 2.79. The first kappa shape index (κ1) is 20.7. The first-order chi connectivity index (χ1) is 15.0. The van der Waals surface area contributed by atoms with Crippen molar-refractivity contribution in [2.24, 2.45) is 5.92 Å². The van der Waals surface area contributed by atoms with E-state index < -0.39 is 17.5 Å². The predicted molar refractivity (Wildman–Crippen MR) is 112 cm³/mol. The van der Waals surface area contributed by atoms with Crippen LogP contribution in [0.1, 0.15) is 23.2 Å². The zero-order valence-electron chi connectivity index (χ0n) is 16.9. The standard InChI is InChI=1S/C23H21F2N3O3/c1-31-20-7-6-19(17-3-2-10-26-21(17)20)27-22(29)14-8-11-28(12-9-14)23(30)16-5-4-15(24)13-18(16)25/h2-7,10,13-14H,8-9,11-12H2,1H3,(H,27,29). The van der Waals surface area contributed by atoms with Crippen molar-refractivity contribution in [1.82, 2.24) is 9.88 Å². The van der Waals surface area contributed by atoms with Gasteiger partial charge in [0.05, 0.1) is 18.4 Å². The molecule has 0 saturated carbocycles. The number of pyridine rings is 1. The second-order valence-corrected chi connectivity index (χ2v) is 7.39. The molecular formula is C23H21F2N3O3. The second kappa shape index (κ2) is 8.67. The molecule has 1 aliphatic heterocycles. The molecule has 4 rings (SSSR count). The Bertz CT molecular complexity index is 1140. The highest BCUT2D eigenvalue weighted by atomic mass is 19.1. The van der Waals surface area contributed by atoms with Crippen LogP contribution in [0.3, 0.4) is 0 Å². The van der Waals surface area contributed by atoms with Gasteiger partial charge in [-0.1, -0.05) is 0 Å². The summed E-state index contributed by atoms with van der Waals surface area (Å²) in [4.78, 5) is 31.2. The minimum atomic E-state index is -0.884. The van der Waals surface area contributed by atoms with Crippen LogP contribution in [0.25, 0.3) is 10.9 Å². The molecule has 160 valence electrons. The molecule has 2 aromatic carbocycles. The number of halogens is 2. The van der Waals surface area contributed by atoms with Gasteiger partial charge in [-0.05, 0) is 49.2 Å². The molecule has 3 aromatic rings. The fourth-order valence-electron chi connectivity index (χ4n) is 3.83. The SMILES string of the molecule is COc1ccc(NC(=O)C2CCN(C(=O)c3ccc(F)cc3F)CC2)c2cccnc12. The van der Waals surface area contributed by atoms with E-state index in [1.807, 2.05) is 6.07 Å². The molecule has 1 N–H and O–H groups in total.